The van der Waals surface area contributed by atoms with Crippen LogP contribution in [0.5, 0.6) is 0 Å². The molecule has 2 fully saturated rings. The highest BCUT2D eigenvalue weighted by molar-refractivity contribution is 5.93. The molecule has 7 nitrogen and oxygen atoms in total. The molecule has 3 N–H and O–H groups in total. The van der Waals surface area contributed by atoms with Crippen molar-refractivity contribution < 1.29 is 9.59 Å². The molecule has 31 heavy (non-hydrogen) atoms. The number of piperidine rings is 1. The van der Waals surface area contributed by atoms with E-state index in [4.69, 9.17) is 0 Å². The minimum atomic E-state index is -0.296. The number of nitrogens with one attached hydrogen (secondary N) is 3. The van der Waals surface area contributed by atoms with Gasteiger partial charge in [-0.1, -0.05) is 32.0 Å². The second-order valence-corrected chi connectivity index (χ2v) is 8.81. The predicted octanol–water partition coefficient (Wildman–Crippen LogP) is 2.99. The minimum absolute atomic E-state index is 0.0134. The quantitative estimate of drug-likeness (QED) is 0.691. The number of anilines is 1. The second-order valence-electron chi connectivity index (χ2n) is 8.81. The fraction of sp³-hybridized carbons (Fsp3) is 0.458. The lowest BCUT2D eigenvalue weighted by molar-refractivity contribution is -0.136. The Morgan fingerprint density at radius 2 is 1.97 bits per heavy atom. The molecule has 2 amide bonds. The van der Waals surface area contributed by atoms with E-state index in [-0.39, 0.29) is 29.8 Å². The maximum Gasteiger partial charge on any atom is 0.241 e. The van der Waals surface area contributed by atoms with Crippen molar-refractivity contribution in [2.75, 3.05) is 18.4 Å². The van der Waals surface area contributed by atoms with E-state index in [0.717, 1.165) is 24.1 Å². The number of carbonyl (C=O) groups is 2. The van der Waals surface area contributed by atoms with Gasteiger partial charge in [-0.3, -0.25) is 14.6 Å². The number of benzene rings is 1. The lowest BCUT2D eigenvalue weighted by Crippen LogP contribution is -2.50. The van der Waals surface area contributed by atoms with Crippen molar-refractivity contribution in [3.05, 3.63) is 59.9 Å². The van der Waals surface area contributed by atoms with Gasteiger partial charge in [0.2, 0.25) is 11.8 Å². The predicted molar refractivity (Wildman–Crippen MR) is 120 cm³/mol. The minimum Gasteiger partial charge on any atom is -0.341 e. The van der Waals surface area contributed by atoms with Crippen LogP contribution < -0.4 is 16.2 Å². The summed E-state index contributed by atoms with van der Waals surface area (Å²) in [5.41, 5.74) is 9.45. The van der Waals surface area contributed by atoms with E-state index >= 15 is 0 Å². The van der Waals surface area contributed by atoms with E-state index in [0.29, 0.717) is 25.4 Å². The Bertz CT molecular complexity index is 900. The zero-order valence-corrected chi connectivity index (χ0v) is 18.2. The molecule has 0 spiro atoms. The number of carbonyl (C=O) groups excluding carboxylic acids is 2. The van der Waals surface area contributed by atoms with E-state index in [2.05, 4.69) is 47.1 Å². The average Bonchev–Trinajstić information content (AvgIpc) is 3.30. The first-order valence-electron chi connectivity index (χ1n) is 11.1. The fourth-order valence-electron chi connectivity index (χ4n) is 4.33. The van der Waals surface area contributed by atoms with Crippen molar-refractivity contribution in [3.8, 4) is 0 Å². The topological polar surface area (TPSA) is 86.4 Å². The van der Waals surface area contributed by atoms with E-state index < -0.39 is 0 Å². The average molecular weight is 422 g/mol. The zero-order valence-electron chi connectivity index (χ0n) is 18.2. The van der Waals surface area contributed by atoms with Gasteiger partial charge in [0.1, 0.15) is 6.04 Å². The maximum atomic E-state index is 13.1. The van der Waals surface area contributed by atoms with Crippen LogP contribution in [0.25, 0.3) is 0 Å². The van der Waals surface area contributed by atoms with Gasteiger partial charge in [0.25, 0.3) is 0 Å². The van der Waals surface area contributed by atoms with Crippen LogP contribution in [0.3, 0.4) is 0 Å². The number of hydrazine groups is 1. The summed E-state index contributed by atoms with van der Waals surface area (Å²) in [6, 6.07) is 11.7. The number of likely N-dealkylation sites (tertiary alicyclic amines) is 1. The Morgan fingerprint density at radius 1 is 1.16 bits per heavy atom. The number of rotatable bonds is 5. The molecule has 1 aromatic carbocycles. The lowest BCUT2D eigenvalue weighted by Gasteiger charge is -2.33. The Morgan fingerprint density at radius 3 is 2.68 bits per heavy atom. The standard InChI is InChI=1S/C24H31N5O2/c1-16(2)17-7-9-20(10-8-17)26-23(30)19-6-4-12-29(15-19)24(31)22-13-21(27-28-22)18-5-3-11-25-14-18/h3,5,7-11,14,16,19,21-22,27-28H,4,6,12-13,15H2,1-2H3,(H,26,30). The summed E-state index contributed by atoms with van der Waals surface area (Å²) >= 11 is 0. The van der Waals surface area contributed by atoms with Gasteiger partial charge in [-0.25, -0.2) is 10.9 Å². The smallest absolute Gasteiger partial charge is 0.241 e. The largest absolute Gasteiger partial charge is 0.341 e. The summed E-state index contributed by atoms with van der Waals surface area (Å²) in [4.78, 5) is 31.9. The normalized spacial score (nSPS) is 23.7. The van der Waals surface area contributed by atoms with Crippen LogP contribution in [0.15, 0.2) is 48.8 Å². The molecule has 3 unspecified atom stereocenters. The summed E-state index contributed by atoms with van der Waals surface area (Å²) in [5, 5.41) is 3.02. The SMILES string of the molecule is CC(C)c1ccc(NC(=O)C2CCCN(C(=O)C3CC(c4cccnc4)NN3)C2)cc1. The van der Waals surface area contributed by atoms with Crippen LogP contribution in [0.1, 0.15) is 56.2 Å². The molecular weight excluding hydrogens is 390 g/mol. The Balaban J connectivity index is 1.32. The number of nitrogens with zero attached hydrogens (tertiary/aromatic N) is 2. The molecule has 0 saturated carbocycles. The number of hydrogen-bond donors (Lipinski definition) is 3. The molecule has 164 valence electrons. The lowest BCUT2D eigenvalue weighted by atomic mass is 9.95. The molecule has 0 bridgehead atoms. The zero-order chi connectivity index (χ0) is 21.8. The summed E-state index contributed by atoms with van der Waals surface area (Å²) in [6.45, 7) is 5.45. The van der Waals surface area contributed by atoms with Crippen molar-refractivity contribution in [1.29, 1.82) is 0 Å². The first-order chi connectivity index (χ1) is 15.0. The van der Waals surface area contributed by atoms with Gasteiger partial charge in [-0.15, -0.1) is 0 Å². The number of pyridine rings is 1. The van der Waals surface area contributed by atoms with Gasteiger partial charge < -0.3 is 10.2 Å². The van der Waals surface area contributed by atoms with Crippen LogP contribution in [0, 0.1) is 5.92 Å². The van der Waals surface area contributed by atoms with E-state index in [1.54, 1.807) is 6.20 Å². The van der Waals surface area contributed by atoms with Gasteiger partial charge >= 0.3 is 0 Å². The van der Waals surface area contributed by atoms with Crippen molar-refractivity contribution in [1.82, 2.24) is 20.7 Å². The van der Waals surface area contributed by atoms with Crippen LogP contribution in [-0.4, -0.2) is 40.8 Å². The van der Waals surface area contributed by atoms with Crippen LogP contribution >= 0.6 is 0 Å². The third-order valence-electron chi connectivity index (χ3n) is 6.24. The molecule has 2 saturated heterocycles. The molecule has 0 radical (unpaired) electrons. The summed E-state index contributed by atoms with van der Waals surface area (Å²) in [6.07, 6.45) is 5.87. The molecule has 1 aromatic heterocycles. The van der Waals surface area contributed by atoms with Crippen LogP contribution in [0.4, 0.5) is 5.69 Å². The van der Waals surface area contributed by atoms with Crippen molar-refractivity contribution in [3.63, 3.8) is 0 Å². The molecule has 0 aliphatic carbocycles. The van der Waals surface area contributed by atoms with E-state index in [1.165, 1.54) is 5.56 Å². The second kappa shape index (κ2) is 9.58. The highest BCUT2D eigenvalue weighted by atomic mass is 16.2. The van der Waals surface area contributed by atoms with Gasteiger partial charge in [0.15, 0.2) is 0 Å². The first-order valence-corrected chi connectivity index (χ1v) is 11.1. The van der Waals surface area contributed by atoms with Crippen molar-refractivity contribution in [2.45, 2.75) is 51.1 Å². The third-order valence-corrected chi connectivity index (χ3v) is 6.24. The van der Waals surface area contributed by atoms with Gasteiger partial charge in [0, 0.05) is 37.2 Å². The molecule has 2 aliphatic rings. The molecule has 4 rings (SSSR count). The Hall–Kier alpha value is -2.77. The van der Waals surface area contributed by atoms with Gasteiger partial charge in [-0.2, -0.15) is 0 Å². The summed E-state index contributed by atoms with van der Waals surface area (Å²) in [5.74, 6) is 0.309. The molecule has 3 heterocycles. The number of amides is 2. The molecule has 2 aliphatic heterocycles. The van der Waals surface area contributed by atoms with Crippen LogP contribution in [0.2, 0.25) is 0 Å². The fourth-order valence-corrected chi connectivity index (χ4v) is 4.33. The van der Waals surface area contributed by atoms with Gasteiger partial charge in [-0.05, 0) is 54.5 Å². The van der Waals surface area contributed by atoms with E-state index in [9.17, 15) is 9.59 Å². The van der Waals surface area contributed by atoms with E-state index in [1.807, 2.05) is 35.4 Å². The molecule has 7 heteroatoms. The highest BCUT2D eigenvalue weighted by Gasteiger charge is 2.36. The highest BCUT2D eigenvalue weighted by Crippen LogP contribution is 2.25. The van der Waals surface area contributed by atoms with Gasteiger partial charge in [0.05, 0.1) is 5.92 Å². The monoisotopic (exact) mass is 421 g/mol. The van der Waals surface area contributed by atoms with Crippen LogP contribution in [-0.2, 0) is 9.59 Å². The Labute approximate surface area is 183 Å². The third kappa shape index (κ3) is 5.11. The van der Waals surface area contributed by atoms with Crippen molar-refractivity contribution in [2.24, 2.45) is 5.92 Å². The Kier molecular flexibility index (Phi) is 6.63. The summed E-state index contributed by atoms with van der Waals surface area (Å²) < 4.78 is 0. The summed E-state index contributed by atoms with van der Waals surface area (Å²) in [7, 11) is 0. The number of hydrogen-bond acceptors (Lipinski definition) is 5. The molecular formula is C24H31N5O2. The van der Waals surface area contributed by atoms with Crippen molar-refractivity contribution >= 4 is 17.5 Å². The first kappa shape index (κ1) is 21.5. The molecule has 2 aromatic rings. The maximum absolute atomic E-state index is 13.1. The molecule has 3 atom stereocenters. The number of aromatic nitrogens is 1.